The van der Waals surface area contributed by atoms with Gasteiger partial charge in [0.05, 0.1) is 6.20 Å². The van der Waals surface area contributed by atoms with Crippen molar-refractivity contribution in [2.24, 2.45) is 5.73 Å². The Morgan fingerprint density at radius 3 is 3.33 bits per heavy atom. The molecular weight excluding hydrogens is 154 g/mol. The van der Waals surface area contributed by atoms with E-state index in [1.54, 1.807) is 6.20 Å². The lowest BCUT2D eigenvalue weighted by Crippen LogP contribution is -2.09. The van der Waals surface area contributed by atoms with Crippen molar-refractivity contribution in [3.63, 3.8) is 0 Å². The molecule has 12 heavy (non-hydrogen) atoms. The van der Waals surface area contributed by atoms with Gasteiger partial charge in [0.15, 0.2) is 0 Å². The van der Waals surface area contributed by atoms with E-state index in [0.29, 0.717) is 12.5 Å². The molecule has 1 aromatic heterocycles. The highest BCUT2D eigenvalue weighted by atomic mass is 16.5. The van der Waals surface area contributed by atoms with Crippen LogP contribution in [0.2, 0.25) is 0 Å². The van der Waals surface area contributed by atoms with Crippen LogP contribution in [-0.2, 0) is 6.54 Å². The molecule has 2 heterocycles. The average molecular weight is 167 g/mol. The minimum atomic E-state index is 0.478. The molecule has 0 saturated carbocycles. The lowest BCUT2D eigenvalue weighted by atomic mass is 10.0. The minimum absolute atomic E-state index is 0.478. The van der Waals surface area contributed by atoms with Gasteiger partial charge in [0, 0.05) is 24.6 Å². The molecule has 66 valence electrons. The number of nitrogens with one attached hydrogen (secondary N) is 1. The van der Waals surface area contributed by atoms with Gasteiger partial charge in [-0.05, 0) is 13.0 Å². The van der Waals surface area contributed by atoms with Crippen LogP contribution in [0.5, 0.6) is 0 Å². The van der Waals surface area contributed by atoms with Crippen molar-refractivity contribution in [2.45, 2.75) is 18.9 Å². The number of hydrogen-bond donors (Lipinski definition) is 2. The Kier molecular flexibility index (Phi) is 2.10. The van der Waals surface area contributed by atoms with E-state index in [1.807, 2.05) is 0 Å². The first-order valence-corrected chi connectivity index (χ1v) is 4.26. The van der Waals surface area contributed by atoms with Crippen molar-refractivity contribution >= 4 is 0 Å². The van der Waals surface area contributed by atoms with Gasteiger partial charge in [-0.3, -0.25) is 0 Å². The van der Waals surface area contributed by atoms with Crippen LogP contribution in [0.25, 0.3) is 0 Å². The van der Waals surface area contributed by atoms with Gasteiger partial charge in [0.25, 0.3) is 0 Å². The molecule has 1 aliphatic rings. The summed E-state index contributed by atoms with van der Waals surface area (Å²) in [5.41, 5.74) is 6.59. The second-order valence-corrected chi connectivity index (χ2v) is 3.11. The van der Waals surface area contributed by atoms with Crippen LogP contribution < -0.4 is 11.1 Å². The van der Waals surface area contributed by atoms with Gasteiger partial charge in [-0.2, -0.15) is 0 Å². The summed E-state index contributed by atoms with van der Waals surface area (Å²) in [4.78, 5) is 0. The third-order valence-electron chi connectivity index (χ3n) is 2.33. The maximum atomic E-state index is 5.54. The second-order valence-electron chi connectivity index (χ2n) is 3.11. The summed E-state index contributed by atoms with van der Waals surface area (Å²) in [6.07, 6.45) is 2.84. The van der Waals surface area contributed by atoms with E-state index < -0.39 is 0 Å². The van der Waals surface area contributed by atoms with Crippen molar-refractivity contribution in [3.8, 4) is 0 Å². The zero-order chi connectivity index (χ0) is 8.39. The zero-order valence-corrected chi connectivity index (χ0v) is 6.92. The van der Waals surface area contributed by atoms with E-state index in [9.17, 15) is 0 Å². The van der Waals surface area contributed by atoms with E-state index in [1.165, 1.54) is 0 Å². The summed E-state index contributed by atoms with van der Waals surface area (Å²) >= 11 is 0. The molecule has 2 rings (SSSR count). The summed E-state index contributed by atoms with van der Waals surface area (Å²) < 4.78 is 5.17. The van der Waals surface area contributed by atoms with Gasteiger partial charge in [-0.15, -0.1) is 0 Å². The first kappa shape index (κ1) is 7.76. The fourth-order valence-corrected chi connectivity index (χ4v) is 1.64. The normalized spacial score (nSPS) is 23.2. The minimum Gasteiger partial charge on any atom is -0.361 e. The van der Waals surface area contributed by atoms with E-state index >= 15 is 0 Å². The predicted molar refractivity (Wildman–Crippen MR) is 44.6 cm³/mol. The maximum Gasteiger partial charge on any atom is 0.145 e. The van der Waals surface area contributed by atoms with Crippen LogP contribution in [0.3, 0.4) is 0 Å². The Labute approximate surface area is 71.1 Å². The Bertz CT molecular complexity index is 253. The number of nitrogens with two attached hydrogens (primary N) is 1. The Morgan fingerprint density at radius 2 is 2.67 bits per heavy atom. The molecule has 4 heteroatoms. The van der Waals surface area contributed by atoms with Gasteiger partial charge in [0.2, 0.25) is 0 Å². The van der Waals surface area contributed by atoms with Gasteiger partial charge in [-0.1, -0.05) is 5.16 Å². The number of rotatable bonds is 2. The van der Waals surface area contributed by atoms with Gasteiger partial charge >= 0.3 is 0 Å². The van der Waals surface area contributed by atoms with E-state index in [2.05, 4.69) is 10.5 Å². The Morgan fingerprint density at radius 1 is 1.75 bits per heavy atom. The van der Waals surface area contributed by atoms with Crippen LogP contribution in [0.4, 0.5) is 0 Å². The smallest absolute Gasteiger partial charge is 0.145 e. The molecule has 4 nitrogen and oxygen atoms in total. The fourth-order valence-electron chi connectivity index (χ4n) is 1.64. The quantitative estimate of drug-likeness (QED) is 0.661. The first-order chi connectivity index (χ1) is 5.92. The molecule has 3 N–H and O–H groups in total. The zero-order valence-electron chi connectivity index (χ0n) is 6.92. The molecule has 1 aliphatic heterocycles. The largest absolute Gasteiger partial charge is 0.361 e. The predicted octanol–water partition coefficient (Wildman–Crippen LogP) is 0.210. The molecule has 1 unspecified atom stereocenters. The number of hydrogen-bond acceptors (Lipinski definition) is 4. The van der Waals surface area contributed by atoms with Crippen molar-refractivity contribution in [2.75, 3.05) is 13.1 Å². The summed E-state index contributed by atoms with van der Waals surface area (Å²) in [7, 11) is 0. The fraction of sp³-hybridized carbons (Fsp3) is 0.625. The van der Waals surface area contributed by atoms with Crippen molar-refractivity contribution in [1.82, 2.24) is 10.5 Å². The molecule has 1 fully saturated rings. The molecule has 1 aromatic rings. The van der Waals surface area contributed by atoms with E-state index in [-0.39, 0.29) is 0 Å². The molecule has 1 saturated heterocycles. The number of aromatic nitrogens is 1. The van der Waals surface area contributed by atoms with Gasteiger partial charge in [-0.25, -0.2) is 0 Å². The topological polar surface area (TPSA) is 64.1 Å². The van der Waals surface area contributed by atoms with Crippen LogP contribution in [0.15, 0.2) is 10.7 Å². The summed E-state index contributed by atoms with van der Waals surface area (Å²) in [5.74, 6) is 1.45. The SMILES string of the molecule is NCc1cnoc1C1CCNC1. The van der Waals surface area contributed by atoms with Gasteiger partial charge in [0.1, 0.15) is 5.76 Å². The summed E-state index contributed by atoms with van der Waals surface area (Å²) in [6, 6.07) is 0. The molecule has 0 amide bonds. The van der Waals surface area contributed by atoms with Crippen LogP contribution in [-0.4, -0.2) is 18.2 Å². The van der Waals surface area contributed by atoms with Crippen LogP contribution in [0, 0.1) is 0 Å². The number of nitrogens with zero attached hydrogens (tertiary/aromatic N) is 1. The van der Waals surface area contributed by atoms with Crippen LogP contribution in [0.1, 0.15) is 23.7 Å². The molecule has 0 bridgehead atoms. The standard InChI is InChI=1S/C8H13N3O/c9-3-7-5-11-12-8(7)6-1-2-10-4-6/h5-6,10H,1-4,9H2. The Hall–Kier alpha value is -0.870. The highest BCUT2D eigenvalue weighted by molar-refractivity contribution is 5.18. The van der Waals surface area contributed by atoms with Gasteiger partial charge < -0.3 is 15.6 Å². The summed E-state index contributed by atoms with van der Waals surface area (Å²) in [5, 5.41) is 7.04. The van der Waals surface area contributed by atoms with Crippen LogP contribution >= 0.6 is 0 Å². The van der Waals surface area contributed by atoms with E-state index in [0.717, 1.165) is 30.8 Å². The second kappa shape index (κ2) is 3.25. The van der Waals surface area contributed by atoms with E-state index in [4.69, 9.17) is 10.3 Å². The summed E-state index contributed by atoms with van der Waals surface area (Å²) in [6.45, 7) is 2.58. The average Bonchev–Trinajstić information content (AvgIpc) is 2.74. The molecule has 0 aromatic carbocycles. The third-order valence-corrected chi connectivity index (χ3v) is 2.33. The lowest BCUT2D eigenvalue weighted by Gasteiger charge is -2.04. The highest BCUT2D eigenvalue weighted by Crippen LogP contribution is 2.24. The molecular formula is C8H13N3O. The first-order valence-electron chi connectivity index (χ1n) is 4.26. The molecule has 0 spiro atoms. The van der Waals surface area contributed by atoms with Crippen molar-refractivity contribution in [1.29, 1.82) is 0 Å². The monoisotopic (exact) mass is 167 g/mol. The Balaban J connectivity index is 2.19. The molecule has 0 aliphatic carbocycles. The third kappa shape index (κ3) is 1.23. The highest BCUT2D eigenvalue weighted by Gasteiger charge is 2.22. The lowest BCUT2D eigenvalue weighted by molar-refractivity contribution is 0.363. The van der Waals surface area contributed by atoms with Crippen molar-refractivity contribution in [3.05, 3.63) is 17.5 Å². The maximum absolute atomic E-state index is 5.54. The van der Waals surface area contributed by atoms with Crippen molar-refractivity contribution < 1.29 is 4.52 Å². The molecule has 0 radical (unpaired) electrons. The molecule has 1 atom stereocenters.